The van der Waals surface area contributed by atoms with Crippen molar-refractivity contribution in [2.45, 2.75) is 49.3 Å². The molecule has 2 nitrogen and oxygen atoms in total. The van der Waals surface area contributed by atoms with Gasteiger partial charge in [0.1, 0.15) is 0 Å². The van der Waals surface area contributed by atoms with E-state index in [2.05, 4.69) is 45.0 Å². The smallest absolute Gasteiger partial charge is 0.0306 e. The third kappa shape index (κ3) is 6.10. The number of rotatable bonds is 5. The second-order valence-electron chi connectivity index (χ2n) is 5.29. The standard InChI is InChI=1S/C14H24N2S.ClH/c1-14(2,3)17-13-9-5-4-7-11(13)12(16)8-6-10-15;/h4-5,7,9,12H,6,8,10,15-16H2,1-3H3;1H/t12-;/m0./s1. The molecule has 4 heteroatoms. The molecule has 0 aromatic heterocycles. The van der Waals surface area contributed by atoms with E-state index in [1.807, 2.05) is 11.8 Å². The molecule has 1 atom stereocenters. The largest absolute Gasteiger partial charge is 0.330 e. The average molecular weight is 289 g/mol. The summed E-state index contributed by atoms with van der Waals surface area (Å²) in [4.78, 5) is 1.30. The Morgan fingerprint density at radius 1 is 1.22 bits per heavy atom. The lowest BCUT2D eigenvalue weighted by molar-refractivity contribution is 0.609. The van der Waals surface area contributed by atoms with Crippen molar-refractivity contribution in [1.82, 2.24) is 0 Å². The maximum Gasteiger partial charge on any atom is 0.0306 e. The van der Waals surface area contributed by atoms with Gasteiger partial charge in [0.2, 0.25) is 0 Å². The zero-order valence-electron chi connectivity index (χ0n) is 11.5. The third-order valence-electron chi connectivity index (χ3n) is 2.45. The van der Waals surface area contributed by atoms with E-state index in [-0.39, 0.29) is 23.2 Å². The molecule has 0 aliphatic rings. The first-order chi connectivity index (χ1) is 7.94. The van der Waals surface area contributed by atoms with E-state index >= 15 is 0 Å². The highest BCUT2D eigenvalue weighted by Crippen LogP contribution is 2.36. The molecule has 0 unspecified atom stereocenters. The van der Waals surface area contributed by atoms with Gasteiger partial charge in [-0.3, -0.25) is 0 Å². The minimum atomic E-state index is 0. The van der Waals surface area contributed by atoms with Gasteiger partial charge in [-0.2, -0.15) is 0 Å². The van der Waals surface area contributed by atoms with Crippen LogP contribution in [0.5, 0.6) is 0 Å². The highest BCUT2D eigenvalue weighted by molar-refractivity contribution is 8.00. The van der Waals surface area contributed by atoms with Crippen LogP contribution in [-0.4, -0.2) is 11.3 Å². The zero-order valence-corrected chi connectivity index (χ0v) is 13.1. The van der Waals surface area contributed by atoms with Crippen LogP contribution in [0.3, 0.4) is 0 Å². The van der Waals surface area contributed by atoms with E-state index in [4.69, 9.17) is 11.5 Å². The number of thioether (sulfide) groups is 1. The lowest BCUT2D eigenvalue weighted by atomic mass is 10.0. The Morgan fingerprint density at radius 3 is 2.39 bits per heavy atom. The minimum Gasteiger partial charge on any atom is -0.330 e. The summed E-state index contributed by atoms with van der Waals surface area (Å²) in [5.74, 6) is 0. The lowest BCUT2D eigenvalue weighted by Gasteiger charge is -2.22. The van der Waals surface area contributed by atoms with Gasteiger partial charge >= 0.3 is 0 Å². The Balaban J connectivity index is 0.00000289. The van der Waals surface area contributed by atoms with Crippen molar-refractivity contribution in [1.29, 1.82) is 0 Å². The van der Waals surface area contributed by atoms with Crippen molar-refractivity contribution < 1.29 is 0 Å². The minimum absolute atomic E-state index is 0. The molecule has 104 valence electrons. The summed E-state index contributed by atoms with van der Waals surface area (Å²) in [7, 11) is 0. The molecule has 1 rings (SSSR count). The maximum absolute atomic E-state index is 6.23. The SMILES string of the molecule is CC(C)(C)Sc1ccccc1[C@@H](N)CCCN.Cl. The molecular formula is C14H25ClN2S. The van der Waals surface area contributed by atoms with Gasteiger partial charge in [-0.05, 0) is 31.0 Å². The summed E-state index contributed by atoms with van der Waals surface area (Å²) in [6, 6.07) is 8.53. The average Bonchev–Trinajstić information content (AvgIpc) is 2.24. The van der Waals surface area contributed by atoms with Gasteiger partial charge in [0.05, 0.1) is 0 Å². The highest BCUT2D eigenvalue weighted by Gasteiger charge is 2.17. The molecule has 0 spiro atoms. The molecule has 0 bridgehead atoms. The predicted molar refractivity (Wildman–Crippen MR) is 84.5 cm³/mol. The van der Waals surface area contributed by atoms with Gasteiger partial charge in [-0.15, -0.1) is 24.2 Å². The van der Waals surface area contributed by atoms with Crippen LogP contribution in [0.4, 0.5) is 0 Å². The first-order valence-electron chi connectivity index (χ1n) is 6.17. The van der Waals surface area contributed by atoms with E-state index in [0.717, 1.165) is 12.8 Å². The summed E-state index contributed by atoms with van der Waals surface area (Å²) >= 11 is 1.88. The van der Waals surface area contributed by atoms with E-state index in [1.54, 1.807) is 0 Å². The summed E-state index contributed by atoms with van der Waals surface area (Å²) in [5.41, 5.74) is 13.0. The van der Waals surface area contributed by atoms with Gasteiger partial charge < -0.3 is 11.5 Å². The fraction of sp³-hybridized carbons (Fsp3) is 0.571. The molecule has 0 saturated carbocycles. The van der Waals surface area contributed by atoms with Crippen LogP contribution in [-0.2, 0) is 0 Å². The van der Waals surface area contributed by atoms with Gasteiger partial charge in [0.15, 0.2) is 0 Å². The fourth-order valence-electron chi connectivity index (χ4n) is 1.70. The Morgan fingerprint density at radius 2 is 1.83 bits per heavy atom. The molecule has 0 aliphatic heterocycles. The Hall–Kier alpha value is -0.220. The Bertz CT molecular complexity index is 350. The molecule has 1 aromatic carbocycles. The molecule has 0 fully saturated rings. The third-order valence-corrected chi connectivity index (χ3v) is 3.66. The van der Waals surface area contributed by atoms with Crippen LogP contribution in [0, 0.1) is 0 Å². The molecule has 4 N–H and O–H groups in total. The van der Waals surface area contributed by atoms with Crippen molar-refractivity contribution in [2.75, 3.05) is 6.54 Å². The Labute approximate surface area is 121 Å². The summed E-state index contributed by atoms with van der Waals surface area (Å²) < 4.78 is 0.212. The van der Waals surface area contributed by atoms with Gasteiger partial charge in [0, 0.05) is 15.7 Å². The molecule has 0 heterocycles. The number of benzene rings is 1. The van der Waals surface area contributed by atoms with Crippen LogP contribution < -0.4 is 11.5 Å². The molecule has 18 heavy (non-hydrogen) atoms. The van der Waals surface area contributed by atoms with E-state index in [0.29, 0.717) is 6.54 Å². The number of halogens is 1. The number of hydrogen-bond acceptors (Lipinski definition) is 3. The molecule has 0 saturated heterocycles. The van der Waals surface area contributed by atoms with Crippen LogP contribution in [0.1, 0.15) is 45.2 Å². The molecule has 0 radical (unpaired) electrons. The van der Waals surface area contributed by atoms with Crippen LogP contribution in [0.15, 0.2) is 29.2 Å². The van der Waals surface area contributed by atoms with Crippen LogP contribution in [0.2, 0.25) is 0 Å². The second-order valence-corrected chi connectivity index (χ2v) is 7.16. The predicted octanol–water partition coefficient (Wildman–Crippen LogP) is 3.74. The first kappa shape index (κ1) is 17.8. The van der Waals surface area contributed by atoms with Crippen molar-refractivity contribution in [3.63, 3.8) is 0 Å². The monoisotopic (exact) mass is 288 g/mol. The fourth-order valence-corrected chi connectivity index (χ4v) is 2.85. The van der Waals surface area contributed by atoms with Gasteiger partial charge in [-0.1, -0.05) is 39.0 Å². The summed E-state index contributed by atoms with van der Waals surface area (Å²) in [5, 5.41) is 0. The van der Waals surface area contributed by atoms with Gasteiger partial charge in [0.25, 0.3) is 0 Å². The lowest BCUT2D eigenvalue weighted by Crippen LogP contribution is -2.15. The summed E-state index contributed by atoms with van der Waals surface area (Å²) in [6.45, 7) is 7.38. The van der Waals surface area contributed by atoms with E-state index < -0.39 is 0 Å². The maximum atomic E-state index is 6.23. The quantitative estimate of drug-likeness (QED) is 0.812. The van der Waals surface area contributed by atoms with Crippen LogP contribution in [0.25, 0.3) is 0 Å². The van der Waals surface area contributed by atoms with Gasteiger partial charge in [-0.25, -0.2) is 0 Å². The van der Waals surface area contributed by atoms with Crippen molar-refractivity contribution in [3.05, 3.63) is 29.8 Å². The first-order valence-corrected chi connectivity index (χ1v) is 6.99. The van der Waals surface area contributed by atoms with E-state index in [9.17, 15) is 0 Å². The zero-order chi connectivity index (χ0) is 12.9. The second kappa shape index (κ2) is 8.05. The molecule has 1 aromatic rings. The Kier molecular flexibility index (Phi) is 7.95. The van der Waals surface area contributed by atoms with Crippen molar-refractivity contribution in [2.24, 2.45) is 11.5 Å². The normalized spacial score (nSPS) is 12.9. The molecular weight excluding hydrogens is 264 g/mol. The van der Waals surface area contributed by atoms with Crippen LogP contribution >= 0.6 is 24.2 Å². The van der Waals surface area contributed by atoms with Crippen molar-refractivity contribution in [3.8, 4) is 0 Å². The molecule has 0 aliphatic carbocycles. The number of nitrogens with two attached hydrogens (primary N) is 2. The highest BCUT2D eigenvalue weighted by atomic mass is 35.5. The summed E-state index contributed by atoms with van der Waals surface area (Å²) in [6.07, 6.45) is 1.94. The number of hydrogen-bond donors (Lipinski definition) is 2. The molecule has 0 amide bonds. The van der Waals surface area contributed by atoms with E-state index in [1.165, 1.54) is 10.5 Å². The van der Waals surface area contributed by atoms with Crippen molar-refractivity contribution >= 4 is 24.2 Å². The topological polar surface area (TPSA) is 52.0 Å².